The number of carboxylic acid groups (broad SMARTS) is 1. The molecule has 0 bridgehead atoms. The van der Waals surface area contributed by atoms with Gasteiger partial charge in [-0.05, 0) is 52.8 Å². The van der Waals surface area contributed by atoms with Crippen molar-refractivity contribution < 1.29 is 24.2 Å². The Morgan fingerprint density at radius 3 is 2.26 bits per heavy atom. The summed E-state index contributed by atoms with van der Waals surface area (Å²) in [6, 6.07) is 22.5. The number of hydrogen-bond acceptors (Lipinski definition) is 4. The standard InChI is InChI=1S/C27H24N2O5/c30-25(29-18-7-5-6-16(12-18)26(31)32)23-13-17(23)14-28-27(33)34-15-24-21-10-3-1-8-19(21)20-9-2-4-11-22(20)24/h1-12,17,23-24H,13-15H2,(H,28,33)(H,29,30)(H,31,32). The molecule has 2 aliphatic carbocycles. The van der Waals surface area contributed by atoms with Crippen LogP contribution in [0.4, 0.5) is 10.5 Å². The predicted octanol–water partition coefficient (Wildman–Crippen LogP) is 4.50. The fraction of sp³-hybridized carbons (Fsp3) is 0.222. The Morgan fingerprint density at radius 1 is 0.912 bits per heavy atom. The van der Waals surface area contributed by atoms with Gasteiger partial charge >= 0.3 is 12.1 Å². The quantitative estimate of drug-likeness (QED) is 0.486. The van der Waals surface area contributed by atoms with Gasteiger partial charge in [-0.25, -0.2) is 9.59 Å². The summed E-state index contributed by atoms with van der Waals surface area (Å²) in [5.41, 5.74) is 5.22. The van der Waals surface area contributed by atoms with Crippen molar-refractivity contribution >= 4 is 23.7 Å². The molecule has 172 valence electrons. The number of fused-ring (bicyclic) bond motifs is 3. The molecule has 7 heteroatoms. The van der Waals surface area contributed by atoms with Crippen molar-refractivity contribution in [1.29, 1.82) is 0 Å². The van der Waals surface area contributed by atoms with Gasteiger partial charge in [0.25, 0.3) is 0 Å². The molecule has 3 N–H and O–H groups in total. The van der Waals surface area contributed by atoms with Crippen molar-refractivity contribution in [3.63, 3.8) is 0 Å². The molecular weight excluding hydrogens is 432 g/mol. The third-order valence-corrected chi connectivity index (χ3v) is 6.49. The van der Waals surface area contributed by atoms with Crippen molar-refractivity contribution in [2.45, 2.75) is 12.3 Å². The molecular formula is C27H24N2O5. The molecule has 0 heterocycles. The summed E-state index contributed by atoms with van der Waals surface area (Å²) < 4.78 is 5.54. The first-order chi connectivity index (χ1) is 16.5. The van der Waals surface area contributed by atoms with Gasteiger partial charge in [0.05, 0.1) is 5.56 Å². The van der Waals surface area contributed by atoms with Crippen molar-refractivity contribution in [2.75, 3.05) is 18.5 Å². The van der Waals surface area contributed by atoms with E-state index >= 15 is 0 Å². The van der Waals surface area contributed by atoms with E-state index in [0.29, 0.717) is 18.7 Å². The third kappa shape index (κ3) is 4.37. The van der Waals surface area contributed by atoms with Crippen LogP contribution in [0.15, 0.2) is 72.8 Å². The summed E-state index contributed by atoms with van der Waals surface area (Å²) in [7, 11) is 0. The molecule has 0 radical (unpaired) electrons. The highest BCUT2D eigenvalue weighted by Crippen LogP contribution is 2.44. The average Bonchev–Trinajstić information content (AvgIpc) is 3.57. The number of carboxylic acids is 1. The summed E-state index contributed by atoms with van der Waals surface area (Å²) in [6.45, 7) is 0.596. The van der Waals surface area contributed by atoms with Gasteiger partial charge in [-0.15, -0.1) is 0 Å². The smallest absolute Gasteiger partial charge is 0.407 e. The monoisotopic (exact) mass is 456 g/mol. The van der Waals surface area contributed by atoms with Crippen LogP contribution in [0, 0.1) is 11.8 Å². The molecule has 7 nitrogen and oxygen atoms in total. The first-order valence-electron chi connectivity index (χ1n) is 11.2. The van der Waals surface area contributed by atoms with Crippen LogP contribution in [-0.2, 0) is 9.53 Å². The topological polar surface area (TPSA) is 105 Å². The Balaban J connectivity index is 1.10. The first-order valence-corrected chi connectivity index (χ1v) is 11.2. The summed E-state index contributed by atoms with van der Waals surface area (Å²) in [5, 5.41) is 14.6. The van der Waals surface area contributed by atoms with E-state index in [9.17, 15) is 14.4 Å². The number of rotatable bonds is 7. The molecule has 34 heavy (non-hydrogen) atoms. The highest BCUT2D eigenvalue weighted by molar-refractivity contribution is 5.96. The zero-order chi connectivity index (χ0) is 23.7. The van der Waals surface area contributed by atoms with Crippen molar-refractivity contribution in [3.8, 4) is 11.1 Å². The molecule has 5 rings (SSSR count). The lowest BCUT2D eigenvalue weighted by Crippen LogP contribution is -2.29. The minimum absolute atomic E-state index is 0.000771. The fourth-order valence-electron chi connectivity index (χ4n) is 4.62. The van der Waals surface area contributed by atoms with Crippen LogP contribution in [0.2, 0.25) is 0 Å². The number of aromatic carboxylic acids is 1. The minimum Gasteiger partial charge on any atom is -0.478 e. The molecule has 0 saturated heterocycles. The van der Waals surface area contributed by atoms with Gasteiger partial charge < -0.3 is 20.5 Å². The Bertz CT molecular complexity index is 1230. The zero-order valence-electron chi connectivity index (χ0n) is 18.4. The molecule has 0 aromatic heterocycles. The maximum atomic E-state index is 12.4. The maximum absolute atomic E-state index is 12.4. The lowest BCUT2D eigenvalue weighted by Gasteiger charge is -2.14. The Hall–Kier alpha value is -4.13. The van der Waals surface area contributed by atoms with Crippen molar-refractivity contribution in [2.24, 2.45) is 11.8 Å². The van der Waals surface area contributed by atoms with Crippen LogP contribution in [0.3, 0.4) is 0 Å². The molecule has 1 saturated carbocycles. The molecule has 2 aliphatic rings. The number of hydrogen-bond donors (Lipinski definition) is 3. The third-order valence-electron chi connectivity index (χ3n) is 6.49. The lowest BCUT2D eigenvalue weighted by molar-refractivity contribution is -0.117. The fourth-order valence-corrected chi connectivity index (χ4v) is 4.62. The molecule has 3 aromatic rings. The minimum atomic E-state index is -1.05. The molecule has 0 spiro atoms. The van der Waals surface area contributed by atoms with Gasteiger partial charge in [0.1, 0.15) is 6.61 Å². The molecule has 3 aromatic carbocycles. The maximum Gasteiger partial charge on any atom is 0.407 e. The van der Waals surface area contributed by atoms with Crippen LogP contribution in [0.25, 0.3) is 11.1 Å². The highest BCUT2D eigenvalue weighted by atomic mass is 16.5. The second-order valence-corrected chi connectivity index (χ2v) is 8.68. The average molecular weight is 456 g/mol. The predicted molar refractivity (Wildman–Crippen MR) is 127 cm³/mol. The van der Waals surface area contributed by atoms with Gasteiger partial charge in [0.2, 0.25) is 5.91 Å². The SMILES string of the molecule is O=C(NCC1CC1C(=O)Nc1cccc(C(=O)O)c1)OCC1c2ccccc2-c2ccccc21. The van der Waals surface area contributed by atoms with E-state index in [0.717, 1.165) is 11.1 Å². The van der Waals surface area contributed by atoms with Crippen LogP contribution in [0.1, 0.15) is 33.8 Å². The molecule has 2 atom stereocenters. The number of alkyl carbamates (subject to hydrolysis) is 1. The van der Waals surface area contributed by atoms with Crippen LogP contribution in [0.5, 0.6) is 0 Å². The van der Waals surface area contributed by atoms with Crippen molar-refractivity contribution in [1.82, 2.24) is 5.32 Å². The number of benzene rings is 3. The van der Waals surface area contributed by atoms with Gasteiger partial charge in [-0.2, -0.15) is 0 Å². The summed E-state index contributed by atoms with van der Waals surface area (Å²) >= 11 is 0. The normalized spacial score (nSPS) is 17.9. The zero-order valence-corrected chi connectivity index (χ0v) is 18.4. The number of anilines is 1. The number of ether oxygens (including phenoxy) is 1. The first kappa shape index (κ1) is 21.7. The summed E-state index contributed by atoms with van der Waals surface area (Å²) in [6.07, 6.45) is 0.163. The molecule has 2 amide bonds. The number of nitrogens with one attached hydrogen (secondary N) is 2. The van der Waals surface area contributed by atoms with E-state index in [4.69, 9.17) is 9.84 Å². The van der Waals surface area contributed by atoms with Gasteiger partial charge in [-0.1, -0.05) is 54.6 Å². The van der Waals surface area contributed by atoms with Gasteiger partial charge in [0, 0.05) is 24.1 Å². The molecule has 0 aliphatic heterocycles. The summed E-state index contributed by atoms with van der Waals surface area (Å²) in [4.78, 5) is 35.9. The summed E-state index contributed by atoms with van der Waals surface area (Å²) in [5.74, 6) is -1.42. The van der Waals surface area contributed by atoms with E-state index in [1.54, 1.807) is 12.1 Å². The van der Waals surface area contributed by atoms with E-state index in [-0.39, 0.29) is 35.8 Å². The lowest BCUT2D eigenvalue weighted by atomic mass is 9.98. The Labute approximate surface area is 196 Å². The molecule has 2 unspecified atom stereocenters. The van der Waals surface area contributed by atoms with E-state index in [2.05, 4.69) is 34.9 Å². The Morgan fingerprint density at radius 2 is 1.59 bits per heavy atom. The van der Waals surface area contributed by atoms with E-state index in [1.807, 2.05) is 24.3 Å². The Kier molecular flexibility index (Phi) is 5.76. The second kappa shape index (κ2) is 9.02. The van der Waals surface area contributed by atoms with Gasteiger partial charge in [0.15, 0.2) is 0 Å². The highest BCUT2D eigenvalue weighted by Gasteiger charge is 2.43. The van der Waals surface area contributed by atoms with Crippen LogP contribution >= 0.6 is 0 Å². The van der Waals surface area contributed by atoms with Gasteiger partial charge in [-0.3, -0.25) is 4.79 Å². The second-order valence-electron chi connectivity index (χ2n) is 8.68. The number of amides is 2. The number of carbonyl (C=O) groups is 3. The molecule has 1 fully saturated rings. The van der Waals surface area contributed by atoms with Crippen LogP contribution < -0.4 is 10.6 Å². The largest absolute Gasteiger partial charge is 0.478 e. The van der Waals surface area contributed by atoms with Crippen molar-refractivity contribution in [3.05, 3.63) is 89.5 Å². The van der Waals surface area contributed by atoms with Crippen LogP contribution in [-0.4, -0.2) is 36.2 Å². The number of carbonyl (C=O) groups excluding carboxylic acids is 2. The van der Waals surface area contributed by atoms with E-state index < -0.39 is 12.1 Å². The van der Waals surface area contributed by atoms with E-state index in [1.165, 1.54) is 23.3 Å².